The van der Waals surface area contributed by atoms with Gasteiger partial charge in [-0.05, 0) is 97.6 Å². The van der Waals surface area contributed by atoms with Gasteiger partial charge in [0.25, 0.3) is 5.91 Å². The molecule has 4 rings (SSSR count). The SMILES string of the molecule is CCOc1ccc(CCN2C(=O)/C(=C\c3ccc(OC)c(COc4ccc(C(C)C)cc4)c3)NC2=S)cc1OCC. The number of benzene rings is 3. The molecule has 1 aliphatic heterocycles. The minimum Gasteiger partial charge on any atom is -0.496 e. The molecule has 1 fully saturated rings. The van der Waals surface area contributed by atoms with E-state index in [1.807, 2.05) is 62.4 Å². The Morgan fingerprint density at radius 2 is 1.61 bits per heavy atom. The van der Waals surface area contributed by atoms with Gasteiger partial charge >= 0.3 is 0 Å². The minimum atomic E-state index is -0.162. The number of nitrogens with zero attached hydrogens (tertiary/aromatic N) is 1. The fourth-order valence-corrected chi connectivity index (χ4v) is 4.83. The van der Waals surface area contributed by atoms with Crippen LogP contribution in [0, 0.1) is 0 Å². The third-order valence-corrected chi connectivity index (χ3v) is 7.07. The van der Waals surface area contributed by atoms with Crippen LogP contribution in [-0.2, 0) is 17.8 Å². The lowest BCUT2D eigenvalue weighted by atomic mass is 10.0. The standard InChI is InChI=1S/C33H38N2O5S/c1-6-38-30-15-8-23(20-31(30)39-7-2)16-17-35-32(36)28(34-33(35)41)19-24-9-14-29(37-5)26(18-24)21-40-27-12-10-25(11-13-27)22(3)4/h8-15,18-20,22H,6-7,16-17,21H2,1-5H3,(H,34,41)/b28-19+. The number of thiocarbonyl (C=S) groups is 1. The number of ether oxygens (including phenoxy) is 4. The van der Waals surface area contributed by atoms with Crippen LogP contribution in [0.3, 0.4) is 0 Å². The molecule has 3 aromatic carbocycles. The molecule has 7 nitrogen and oxygen atoms in total. The number of hydrogen-bond donors (Lipinski definition) is 1. The van der Waals surface area contributed by atoms with Crippen molar-refractivity contribution in [2.75, 3.05) is 26.9 Å². The Balaban J connectivity index is 1.43. The summed E-state index contributed by atoms with van der Waals surface area (Å²) in [5.74, 6) is 3.22. The van der Waals surface area contributed by atoms with Gasteiger partial charge in [0.05, 0.1) is 20.3 Å². The zero-order valence-corrected chi connectivity index (χ0v) is 25.2. The molecule has 1 saturated heterocycles. The van der Waals surface area contributed by atoms with Crippen LogP contribution < -0.4 is 24.3 Å². The van der Waals surface area contributed by atoms with Gasteiger partial charge < -0.3 is 24.3 Å². The number of hydrogen-bond acceptors (Lipinski definition) is 6. The molecule has 41 heavy (non-hydrogen) atoms. The van der Waals surface area contributed by atoms with Crippen LogP contribution in [0.25, 0.3) is 6.08 Å². The van der Waals surface area contributed by atoms with Gasteiger partial charge in [-0.3, -0.25) is 9.69 Å². The Labute approximate surface area is 248 Å². The van der Waals surface area contributed by atoms with Crippen molar-refractivity contribution in [1.82, 2.24) is 10.2 Å². The molecule has 1 N–H and O–H groups in total. The smallest absolute Gasteiger partial charge is 0.276 e. The van der Waals surface area contributed by atoms with E-state index in [1.54, 1.807) is 18.1 Å². The van der Waals surface area contributed by atoms with E-state index in [1.165, 1.54) is 5.56 Å². The van der Waals surface area contributed by atoms with Crippen molar-refractivity contribution in [1.29, 1.82) is 0 Å². The van der Waals surface area contributed by atoms with Crippen molar-refractivity contribution in [3.63, 3.8) is 0 Å². The Bertz CT molecular complexity index is 1400. The van der Waals surface area contributed by atoms with Crippen LogP contribution >= 0.6 is 12.2 Å². The van der Waals surface area contributed by atoms with Gasteiger partial charge in [-0.2, -0.15) is 0 Å². The van der Waals surface area contributed by atoms with Gasteiger partial charge in [0.1, 0.15) is 23.8 Å². The highest BCUT2D eigenvalue weighted by Crippen LogP contribution is 2.29. The third-order valence-electron chi connectivity index (χ3n) is 6.75. The van der Waals surface area contributed by atoms with Crippen LogP contribution in [0.4, 0.5) is 0 Å². The summed E-state index contributed by atoms with van der Waals surface area (Å²) in [6.45, 7) is 10.1. The Hall–Kier alpha value is -4.04. The van der Waals surface area contributed by atoms with Crippen LogP contribution in [-0.4, -0.2) is 42.8 Å². The van der Waals surface area contributed by atoms with Crippen LogP contribution in [0.5, 0.6) is 23.0 Å². The number of carbonyl (C=O) groups is 1. The molecule has 216 valence electrons. The molecule has 1 heterocycles. The van der Waals surface area contributed by atoms with Crippen molar-refractivity contribution >= 4 is 29.3 Å². The summed E-state index contributed by atoms with van der Waals surface area (Å²) in [6.07, 6.45) is 2.43. The number of rotatable bonds is 13. The van der Waals surface area contributed by atoms with E-state index in [2.05, 4.69) is 31.3 Å². The summed E-state index contributed by atoms with van der Waals surface area (Å²) in [6, 6.07) is 19.7. The van der Waals surface area contributed by atoms with Gasteiger partial charge in [0.15, 0.2) is 16.6 Å². The topological polar surface area (TPSA) is 69.3 Å². The van der Waals surface area contributed by atoms with Gasteiger partial charge in [-0.1, -0.05) is 38.1 Å². The highest BCUT2D eigenvalue weighted by Gasteiger charge is 2.30. The first kappa shape index (κ1) is 29.9. The van der Waals surface area contributed by atoms with Crippen molar-refractivity contribution in [3.05, 3.63) is 88.6 Å². The maximum absolute atomic E-state index is 13.3. The Morgan fingerprint density at radius 3 is 2.29 bits per heavy atom. The van der Waals surface area contributed by atoms with Crippen LogP contribution in [0.15, 0.2) is 66.4 Å². The second-order valence-electron chi connectivity index (χ2n) is 9.93. The predicted octanol–water partition coefficient (Wildman–Crippen LogP) is 6.50. The fraction of sp³-hybridized carbons (Fsp3) is 0.333. The number of amides is 1. The predicted molar refractivity (Wildman–Crippen MR) is 166 cm³/mol. The van der Waals surface area contributed by atoms with E-state index >= 15 is 0 Å². The van der Waals surface area contributed by atoms with E-state index < -0.39 is 0 Å². The molecular formula is C33H38N2O5S. The maximum atomic E-state index is 13.3. The quantitative estimate of drug-likeness (QED) is 0.185. The summed E-state index contributed by atoms with van der Waals surface area (Å²) in [7, 11) is 1.63. The first-order valence-electron chi connectivity index (χ1n) is 14.0. The molecular weight excluding hydrogens is 536 g/mol. The van der Waals surface area contributed by atoms with E-state index in [0.29, 0.717) is 61.0 Å². The average molecular weight is 575 g/mol. The van der Waals surface area contributed by atoms with Gasteiger partial charge in [-0.15, -0.1) is 0 Å². The lowest BCUT2D eigenvalue weighted by Crippen LogP contribution is -2.32. The minimum absolute atomic E-state index is 0.162. The van der Waals surface area contributed by atoms with Crippen LogP contribution in [0.1, 0.15) is 55.9 Å². The molecule has 0 saturated carbocycles. The largest absolute Gasteiger partial charge is 0.496 e. The molecule has 0 radical (unpaired) electrons. The number of nitrogens with one attached hydrogen (secondary N) is 1. The third kappa shape index (κ3) is 7.58. The second-order valence-corrected chi connectivity index (χ2v) is 10.3. The molecule has 3 aromatic rings. The number of carbonyl (C=O) groups excluding carboxylic acids is 1. The van der Waals surface area contributed by atoms with Gasteiger partial charge in [0, 0.05) is 12.1 Å². The second kappa shape index (κ2) is 14.0. The molecule has 0 atom stereocenters. The molecule has 8 heteroatoms. The van der Waals surface area contributed by atoms with Crippen LogP contribution in [0.2, 0.25) is 0 Å². The molecule has 1 aliphatic rings. The Morgan fingerprint density at radius 1 is 0.902 bits per heavy atom. The highest BCUT2D eigenvalue weighted by atomic mass is 32.1. The first-order chi connectivity index (χ1) is 19.8. The molecule has 1 amide bonds. The highest BCUT2D eigenvalue weighted by molar-refractivity contribution is 7.80. The monoisotopic (exact) mass is 574 g/mol. The van der Waals surface area contributed by atoms with Crippen molar-refractivity contribution in [2.24, 2.45) is 0 Å². The average Bonchev–Trinajstić information content (AvgIpc) is 3.23. The zero-order chi connectivity index (χ0) is 29.4. The van der Waals surface area contributed by atoms with Gasteiger partial charge in [0.2, 0.25) is 0 Å². The maximum Gasteiger partial charge on any atom is 0.276 e. The van der Waals surface area contributed by atoms with Gasteiger partial charge in [-0.25, -0.2) is 0 Å². The van der Waals surface area contributed by atoms with E-state index in [4.69, 9.17) is 31.2 Å². The first-order valence-corrected chi connectivity index (χ1v) is 14.4. The summed E-state index contributed by atoms with van der Waals surface area (Å²) < 4.78 is 23.0. The summed E-state index contributed by atoms with van der Waals surface area (Å²) in [5, 5.41) is 3.47. The zero-order valence-electron chi connectivity index (χ0n) is 24.4. The molecule has 0 aromatic heterocycles. The summed E-state index contributed by atoms with van der Waals surface area (Å²) >= 11 is 5.50. The lowest BCUT2D eigenvalue weighted by Gasteiger charge is -2.16. The number of methoxy groups -OCH3 is 1. The van der Waals surface area contributed by atoms with Crippen molar-refractivity contribution in [2.45, 2.75) is 46.6 Å². The molecule has 0 unspecified atom stereocenters. The van der Waals surface area contributed by atoms with E-state index in [-0.39, 0.29) is 5.91 Å². The van der Waals surface area contributed by atoms with Crippen molar-refractivity contribution in [3.8, 4) is 23.0 Å². The lowest BCUT2D eigenvalue weighted by molar-refractivity contribution is -0.122. The van der Waals surface area contributed by atoms with Crippen molar-refractivity contribution < 1.29 is 23.7 Å². The Kier molecular flexibility index (Phi) is 10.2. The normalized spacial score (nSPS) is 14.0. The summed E-state index contributed by atoms with van der Waals surface area (Å²) in [5.41, 5.74) is 4.44. The summed E-state index contributed by atoms with van der Waals surface area (Å²) in [4.78, 5) is 14.8. The molecule has 0 bridgehead atoms. The molecule has 0 spiro atoms. The fourth-order valence-electron chi connectivity index (χ4n) is 4.54. The van der Waals surface area contributed by atoms with E-state index in [0.717, 1.165) is 28.2 Å². The molecule has 0 aliphatic carbocycles. The van der Waals surface area contributed by atoms with E-state index in [9.17, 15) is 4.79 Å².